The van der Waals surface area contributed by atoms with Gasteiger partial charge in [-0.05, 0) is 30.5 Å². The first kappa shape index (κ1) is 20.3. The number of primary amides is 1. The van der Waals surface area contributed by atoms with Crippen LogP contribution in [0.1, 0.15) is 25.8 Å². The normalized spacial score (nSPS) is 11.6. The second kappa shape index (κ2) is 9.51. The van der Waals surface area contributed by atoms with E-state index in [-0.39, 0.29) is 18.9 Å². The van der Waals surface area contributed by atoms with Crippen LogP contribution >= 0.6 is 0 Å². The lowest BCUT2D eigenvalue weighted by atomic mass is 10.1. The number of nitrogens with two attached hydrogens (primary N) is 1. The smallest absolute Gasteiger partial charge is 0.407 e. The molecule has 8 heteroatoms. The van der Waals surface area contributed by atoms with Crippen molar-refractivity contribution in [1.82, 2.24) is 5.32 Å². The van der Waals surface area contributed by atoms with Crippen molar-refractivity contribution in [3.8, 4) is 5.75 Å². The van der Waals surface area contributed by atoms with E-state index in [0.717, 1.165) is 5.56 Å². The number of benzene rings is 1. The summed E-state index contributed by atoms with van der Waals surface area (Å²) in [5.74, 6) is -0.713. The number of methoxy groups -OCH3 is 1. The van der Waals surface area contributed by atoms with Gasteiger partial charge in [0.15, 0.2) is 0 Å². The van der Waals surface area contributed by atoms with Gasteiger partial charge in [-0.1, -0.05) is 19.9 Å². The van der Waals surface area contributed by atoms with Crippen LogP contribution in [-0.2, 0) is 14.3 Å². The number of hydrogen-bond donors (Lipinski definition) is 3. The van der Waals surface area contributed by atoms with Crippen LogP contribution in [0, 0.1) is 12.8 Å². The van der Waals surface area contributed by atoms with Gasteiger partial charge in [0.05, 0.1) is 25.8 Å². The lowest BCUT2D eigenvalue weighted by Gasteiger charge is -2.18. The highest BCUT2D eigenvalue weighted by Crippen LogP contribution is 2.25. The third-order valence-corrected chi connectivity index (χ3v) is 3.17. The van der Waals surface area contributed by atoms with Gasteiger partial charge in [0.1, 0.15) is 11.8 Å². The fourth-order valence-electron chi connectivity index (χ4n) is 1.98. The first-order chi connectivity index (χ1) is 11.7. The molecule has 0 saturated heterocycles. The fourth-order valence-corrected chi connectivity index (χ4v) is 1.98. The second-order valence-corrected chi connectivity index (χ2v) is 6.05. The van der Waals surface area contributed by atoms with E-state index in [0.29, 0.717) is 11.4 Å². The van der Waals surface area contributed by atoms with Gasteiger partial charge in [-0.15, -0.1) is 0 Å². The number of carbonyl (C=O) groups is 3. The predicted molar refractivity (Wildman–Crippen MR) is 93.3 cm³/mol. The van der Waals surface area contributed by atoms with Crippen molar-refractivity contribution < 1.29 is 23.9 Å². The van der Waals surface area contributed by atoms with Crippen molar-refractivity contribution in [3.63, 3.8) is 0 Å². The van der Waals surface area contributed by atoms with Gasteiger partial charge in [-0.25, -0.2) is 4.79 Å². The van der Waals surface area contributed by atoms with Crippen molar-refractivity contribution in [1.29, 1.82) is 0 Å². The summed E-state index contributed by atoms with van der Waals surface area (Å²) in [7, 11) is 1.47. The Hall–Kier alpha value is -2.77. The zero-order chi connectivity index (χ0) is 19.0. The molecule has 0 spiro atoms. The molecule has 1 aromatic carbocycles. The van der Waals surface area contributed by atoms with Gasteiger partial charge in [0, 0.05) is 0 Å². The number of anilines is 1. The topological polar surface area (TPSA) is 120 Å². The summed E-state index contributed by atoms with van der Waals surface area (Å²) in [6.07, 6.45) is -1.14. The maximum Gasteiger partial charge on any atom is 0.407 e. The zero-order valence-corrected chi connectivity index (χ0v) is 14.9. The van der Waals surface area contributed by atoms with Crippen LogP contribution in [0.2, 0.25) is 0 Å². The summed E-state index contributed by atoms with van der Waals surface area (Å²) in [6.45, 7) is 5.82. The van der Waals surface area contributed by atoms with Gasteiger partial charge in [0.2, 0.25) is 11.8 Å². The van der Waals surface area contributed by atoms with Crippen LogP contribution in [-0.4, -0.2) is 37.7 Å². The Morgan fingerprint density at radius 1 is 1.24 bits per heavy atom. The maximum atomic E-state index is 12.5. The molecule has 0 saturated carbocycles. The lowest BCUT2D eigenvalue weighted by Crippen LogP contribution is -2.46. The molecule has 0 radical (unpaired) electrons. The molecule has 8 nitrogen and oxygen atoms in total. The third-order valence-electron chi connectivity index (χ3n) is 3.17. The van der Waals surface area contributed by atoms with E-state index in [9.17, 15) is 14.4 Å². The number of carbonyl (C=O) groups excluding carboxylic acids is 3. The monoisotopic (exact) mass is 351 g/mol. The molecule has 1 atom stereocenters. The largest absolute Gasteiger partial charge is 0.495 e. The number of aryl methyl sites for hydroxylation is 1. The van der Waals surface area contributed by atoms with Crippen molar-refractivity contribution in [2.45, 2.75) is 33.2 Å². The number of nitrogens with one attached hydrogen (secondary N) is 2. The number of ether oxygens (including phenoxy) is 2. The molecule has 0 aliphatic carbocycles. The molecule has 138 valence electrons. The molecule has 4 N–H and O–H groups in total. The molecule has 1 aromatic rings. The average molecular weight is 351 g/mol. The van der Waals surface area contributed by atoms with Crippen molar-refractivity contribution in [2.75, 3.05) is 19.0 Å². The Labute approximate surface area is 147 Å². The van der Waals surface area contributed by atoms with Gasteiger partial charge in [-0.2, -0.15) is 0 Å². The number of alkyl carbamates (subject to hydrolysis) is 1. The van der Waals surface area contributed by atoms with Crippen LogP contribution in [0.15, 0.2) is 18.2 Å². The van der Waals surface area contributed by atoms with E-state index in [1.165, 1.54) is 7.11 Å². The molecule has 1 rings (SSSR count). The summed E-state index contributed by atoms with van der Waals surface area (Å²) < 4.78 is 10.2. The van der Waals surface area contributed by atoms with Crippen LogP contribution in [0.3, 0.4) is 0 Å². The summed E-state index contributed by atoms with van der Waals surface area (Å²) in [4.78, 5) is 35.5. The predicted octanol–water partition coefficient (Wildman–Crippen LogP) is 1.57. The second-order valence-electron chi connectivity index (χ2n) is 6.05. The van der Waals surface area contributed by atoms with E-state index in [4.69, 9.17) is 15.2 Å². The van der Waals surface area contributed by atoms with Gasteiger partial charge in [-0.3, -0.25) is 9.59 Å². The third kappa shape index (κ3) is 7.11. The van der Waals surface area contributed by atoms with E-state index in [2.05, 4.69) is 10.6 Å². The molecule has 25 heavy (non-hydrogen) atoms. The highest BCUT2D eigenvalue weighted by Gasteiger charge is 2.24. The Morgan fingerprint density at radius 2 is 1.92 bits per heavy atom. The Kier molecular flexibility index (Phi) is 7.71. The van der Waals surface area contributed by atoms with E-state index in [1.807, 2.05) is 26.8 Å². The SMILES string of the molecule is COc1ccc(C)cc1NC(=O)[C@@H](CC(N)=O)NC(=O)OCC(C)C. The minimum Gasteiger partial charge on any atom is -0.495 e. The van der Waals surface area contributed by atoms with Gasteiger partial charge in [0.25, 0.3) is 0 Å². The minimum atomic E-state index is -1.15. The molecule has 3 amide bonds. The minimum absolute atomic E-state index is 0.144. The molecule has 0 fully saturated rings. The Balaban J connectivity index is 2.84. The summed E-state index contributed by atoms with van der Waals surface area (Å²) in [5.41, 5.74) is 6.51. The zero-order valence-electron chi connectivity index (χ0n) is 14.9. The fraction of sp³-hybridized carbons (Fsp3) is 0.471. The maximum absolute atomic E-state index is 12.5. The molecular formula is C17H25N3O5. The molecule has 0 unspecified atom stereocenters. The highest BCUT2D eigenvalue weighted by atomic mass is 16.5. The molecule has 0 aromatic heterocycles. The van der Waals surface area contributed by atoms with E-state index in [1.54, 1.807) is 12.1 Å². The summed E-state index contributed by atoms with van der Waals surface area (Å²) in [6, 6.07) is 4.10. The number of amides is 3. The first-order valence-electron chi connectivity index (χ1n) is 7.90. The van der Waals surface area contributed by atoms with E-state index >= 15 is 0 Å². The van der Waals surface area contributed by atoms with E-state index < -0.39 is 23.9 Å². The summed E-state index contributed by atoms with van der Waals surface area (Å²) >= 11 is 0. The first-order valence-corrected chi connectivity index (χ1v) is 7.90. The van der Waals surface area contributed by atoms with Crippen molar-refractivity contribution in [2.24, 2.45) is 11.7 Å². The Bertz CT molecular complexity index is 631. The van der Waals surface area contributed by atoms with Crippen LogP contribution in [0.25, 0.3) is 0 Å². The average Bonchev–Trinajstić information content (AvgIpc) is 2.52. The molecule has 0 aliphatic heterocycles. The van der Waals surface area contributed by atoms with Crippen LogP contribution in [0.4, 0.5) is 10.5 Å². The molecule has 0 aliphatic rings. The summed E-state index contributed by atoms with van der Waals surface area (Å²) in [5, 5.41) is 5.00. The van der Waals surface area contributed by atoms with Crippen LogP contribution in [0.5, 0.6) is 5.75 Å². The van der Waals surface area contributed by atoms with Gasteiger partial charge >= 0.3 is 6.09 Å². The standard InChI is InChI=1S/C17H25N3O5/c1-10(2)9-25-17(23)20-13(8-15(18)21)16(22)19-12-7-11(3)5-6-14(12)24-4/h5-7,10,13H,8-9H2,1-4H3,(H2,18,21)(H,19,22)(H,20,23)/t13-/m1/s1. The number of rotatable bonds is 8. The Morgan fingerprint density at radius 3 is 2.48 bits per heavy atom. The molecule has 0 heterocycles. The van der Waals surface area contributed by atoms with Crippen molar-refractivity contribution in [3.05, 3.63) is 23.8 Å². The van der Waals surface area contributed by atoms with Gasteiger partial charge < -0.3 is 25.8 Å². The molecule has 0 bridgehead atoms. The number of hydrogen-bond acceptors (Lipinski definition) is 5. The van der Waals surface area contributed by atoms with Crippen molar-refractivity contribution >= 4 is 23.6 Å². The van der Waals surface area contributed by atoms with Crippen LogP contribution < -0.4 is 21.1 Å². The highest BCUT2D eigenvalue weighted by molar-refractivity contribution is 6.00. The quantitative estimate of drug-likeness (QED) is 0.656. The molecular weight excluding hydrogens is 326 g/mol. The lowest BCUT2D eigenvalue weighted by molar-refractivity contribution is -0.123.